The van der Waals surface area contributed by atoms with Crippen LogP contribution in [0.25, 0.3) is 0 Å². The van der Waals surface area contributed by atoms with E-state index >= 15 is 0 Å². The monoisotopic (exact) mass is 544 g/mol. The minimum atomic E-state index is -4.50. The number of carbonyl (C=O) groups excluding carboxylic acids is 2. The summed E-state index contributed by atoms with van der Waals surface area (Å²) < 4.78 is 45.2. The molecule has 1 atom stereocenters. The van der Waals surface area contributed by atoms with E-state index in [1.807, 2.05) is 18.2 Å². The van der Waals surface area contributed by atoms with Crippen molar-refractivity contribution in [2.45, 2.75) is 51.9 Å². The van der Waals surface area contributed by atoms with E-state index in [9.17, 15) is 22.8 Å². The zero-order chi connectivity index (χ0) is 27.4. The van der Waals surface area contributed by atoms with Gasteiger partial charge in [-0.15, -0.1) is 0 Å². The SMILES string of the molecule is CC1=C(C(=O)OC(C)C)[C@@H](c2ccc(C(F)(F)F)cc2)N2C(CC(=O)NCCc3ccccn3)=CSC2=N1. The van der Waals surface area contributed by atoms with Gasteiger partial charge in [0, 0.05) is 30.6 Å². The fraction of sp³-hybridized carbons (Fsp3) is 0.333. The van der Waals surface area contributed by atoms with E-state index in [0.717, 1.165) is 17.8 Å². The van der Waals surface area contributed by atoms with Crippen LogP contribution in [0.5, 0.6) is 0 Å². The van der Waals surface area contributed by atoms with E-state index in [0.29, 0.717) is 35.1 Å². The van der Waals surface area contributed by atoms with Crippen molar-refractivity contribution in [1.82, 2.24) is 15.2 Å². The Kier molecular flexibility index (Phi) is 8.25. The van der Waals surface area contributed by atoms with Gasteiger partial charge in [0.05, 0.1) is 35.4 Å². The number of ether oxygens (including phenoxy) is 1. The van der Waals surface area contributed by atoms with Gasteiger partial charge in [-0.25, -0.2) is 9.79 Å². The van der Waals surface area contributed by atoms with Crippen LogP contribution in [0.15, 0.2) is 76.0 Å². The number of amidine groups is 1. The molecular weight excluding hydrogens is 517 g/mol. The molecule has 2 aromatic rings. The van der Waals surface area contributed by atoms with Crippen molar-refractivity contribution in [1.29, 1.82) is 0 Å². The minimum Gasteiger partial charge on any atom is -0.459 e. The number of hydrogen-bond acceptors (Lipinski definition) is 7. The van der Waals surface area contributed by atoms with E-state index < -0.39 is 29.9 Å². The van der Waals surface area contributed by atoms with Gasteiger partial charge >= 0.3 is 12.1 Å². The largest absolute Gasteiger partial charge is 0.459 e. The summed E-state index contributed by atoms with van der Waals surface area (Å²) in [7, 11) is 0. The molecule has 0 spiro atoms. The molecule has 11 heteroatoms. The van der Waals surface area contributed by atoms with Crippen LogP contribution in [0.3, 0.4) is 0 Å². The highest BCUT2D eigenvalue weighted by Gasteiger charge is 2.41. The van der Waals surface area contributed by atoms with Gasteiger partial charge < -0.3 is 15.0 Å². The number of alkyl halides is 3. The van der Waals surface area contributed by atoms with Crippen LogP contribution in [0.4, 0.5) is 13.2 Å². The minimum absolute atomic E-state index is 0.00305. The molecule has 2 aliphatic heterocycles. The molecule has 2 aliphatic rings. The Morgan fingerprint density at radius 1 is 1.16 bits per heavy atom. The number of rotatable bonds is 8. The molecule has 1 N–H and O–H groups in total. The molecule has 7 nitrogen and oxygen atoms in total. The van der Waals surface area contributed by atoms with Crippen LogP contribution in [0, 0.1) is 0 Å². The summed E-state index contributed by atoms with van der Waals surface area (Å²) in [4.78, 5) is 36.5. The normalized spacial score (nSPS) is 17.2. The number of fused-ring (bicyclic) bond motifs is 1. The number of halogens is 3. The van der Waals surface area contributed by atoms with Gasteiger partial charge in [0.25, 0.3) is 0 Å². The summed E-state index contributed by atoms with van der Waals surface area (Å²) in [6.07, 6.45) is -2.65. The van der Waals surface area contributed by atoms with Gasteiger partial charge in [-0.1, -0.05) is 30.0 Å². The maximum absolute atomic E-state index is 13.2. The fourth-order valence-corrected chi connectivity index (χ4v) is 5.15. The summed E-state index contributed by atoms with van der Waals surface area (Å²) in [5, 5.41) is 5.19. The molecule has 200 valence electrons. The summed E-state index contributed by atoms with van der Waals surface area (Å²) in [6, 6.07) is 9.43. The lowest BCUT2D eigenvalue weighted by molar-refractivity contribution is -0.143. The first kappa shape index (κ1) is 27.4. The summed E-state index contributed by atoms with van der Waals surface area (Å²) in [5.41, 5.74) is 1.71. The quantitative estimate of drug-likeness (QED) is 0.450. The lowest BCUT2D eigenvalue weighted by atomic mass is 9.93. The predicted molar refractivity (Wildman–Crippen MR) is 139 cm³/mol. The van der Waals surface area contributed by atoms with Crippen LogP contribution < -0.4 is 5.32 Å². The lowest BCUT2D eigenvalue weighted by Crippen LogP contribution is -2.38. The number of thioether (sulfide) groups is 1. The van der Waals surface area contributed by atoms with Crippen molar-refractivity contribution in [2.24, 2.45) is 4.99 Å². The molecule has 3 heterocycles. The van der Waals surface area contributed by atoms with Crippen molar-refractivity contribution in [2.75, 3.05) is 6.54 Å². The number of nitrogens with zero attached hydrogens (tertiary/aromatic N) is 3. The van der Waals surface area contributed by atoms with Crippen LogP contribution >= 0.6 is 11.8 Å². The highest BCUT2D eigenvalue weighted by molar-refractivity contribution is 8.16. The Morgan fingerprint density at radius 3 is 2.53 bits per heavy atom. The maximum Gasteiger partial charge on any atom is 0.416 e. The second kappa shape index (κ2) is 11.4. The fourth-order valence-electron chi connectivity index (χ4n) is 4.18. The Morgan fingerprint density at radius 2 is 1.89 bits per heavy atom. The topological polar surface area (TPSA) is 83.9 Å². The second-order valence-electron chi connectivity index (χ2n) is 9.06. The number of amides is 1. The second-order valence-corrected chi connectivity index (χ2v) is 9.90. The molecule has 0 fully saturated rings. The average Bonchev–Trinajstić information content (AvgIpc) is 3.24. The molecule has 0 radical (unpaired) electrons. The molecular formula is C27H27F3N4O3S. The number of nitrogens with one attached hydrogen (secondary N) is 1. The van der Waals surface area contributed by atoms with E-state index in [-0.39, 0.29) is 17.9 Å². The molecule has 1 aromatic carbocycles. The van der Waals surface area contributed by atoms with Gasteiger partial charge in [-0.3, -0.25) is 9.78 Å². The van der Waals surface area contributed by atoms with Crippen LogP contribution in [-0.4, -0.2) is 39.6 Å². The lowest BCUT2D eigenvalue weighted by Gasteiger charge is -2.36. The highest BCUT2D eigenvalue weighted by atomic mass is 32.2. The molecule has 0 saturated carbocycles. The third-order valence-electron chi connectivity index (χ3n) is 5.89. The van der Waals surface area contributed by atoms with Gasteiger partial charge in [-0.05, 0) is 56.0 Å². The first-order valence-electron chi connectivity index (χ1n) is 12.0. The first-order valence-corrected chi connectivity index (χ1v) is 12.9. The molecule has 38 heavy (non-hydrogen) atoms. The van der Waals surface area contributed by atoms with Crippen LogP contribution in [0.2, 0.25) is 0 Å². The molecule has 0 unspecified atom stereocenters. The smallest absolute Gasteiger partial charge is 0.416 e. The molecule has 4 rings (SSSR count). The van der Waals surface area contributed by atoms with E-state index in [1.54, 1.807) is 37.3 Å². The Hall–Kier alpha value is -3.60. The Labute approximate surface area is 222 Å². The first-order chi connectivity index (χ1) is 18.0. The molecule has 1 amide bonds. The Bertz CT molecular complexity index is 1290. The van der Waals surface area contributed by atoms with Crippen molar-refractivity contribution < 1.29 is 27.5 Å². The van der Waals surface area contributed by atoms with Crippen molar-refractivity contribution in [3.8, 4) is 0 Å². The maximum atomic E-state index is 13.2. The van der Waals surface area contributed by atoms with Gasteiger partial charge in [0.15, 0.2) is 5.17 Å². The summed E-state index contributed by atoms with van der Waals surface area (Å²) >= 11 is 1.29. The van der Waals surface area contributed by atoms with Gasteiger partial charge in [0.1, 0.15) is 0 Å². The number of aromatic nitrogens is 1. The van der Waals surface area contributed by atoms with E-state index in [4.69, 9.17) is 4.74 Å². The standard InChI is InChI=1S/C27H27F3N4O3S/c1-16(2)37-25(36)23-17(3)33-26-34(24(23)18-7-9-19(10-8-18)27(28,29)30)21(15-38-26)14-22(35)32-13-11-20-6-4-5-12-31-20/h4-10,12,15-16,24H,11,13-14H2,1-3H3,(H,32,35)/t24-/m1/s1. The zero-order valence-corrected chi connectivity index (χ0v) is 21.9. The Balaban J connectivity index is 1.59. The van der Waals surface area contributed by atoms with Crippen molar-refractivity contribution in [3.63, 3.8) is 0 Å². The third kappa shape index (κ3) is 6.27. The van der Waals surface area contributed by atoms with Crippen molar-refractivity contribution in [3.05, 3.63) is 87.9 Å². The predicted octanol–water partition coefficient (Wildman–Crippen LogP) is 5.38. The zero-order valence-electron chi connectivity index (χ0n) is 21.1. The number of carbonyl (C=O) groups is 2. The van der Waals surface area contributed by atoms with Gasteiger partial charge in [0.2, 0.25) is 5.91 Å². The number of allylic oxidation sites excluding steroid dienone is 1. The summed E-state index contributed by atoms with van der Waals surface area (Å²) in [5.74, 6) is -0.848. The van der Waals surface area contributed by atoms with E-state index in [1.165, 1.54) is 23.9 Å². The number of aliphatic imine (C=N–C) groups is 1. The number of esters is 1. The highest BCUT2D eigenvalue weighted by Crippen LogP contribution is 2.45. The molecule has 0 bridgehead atoms. The van der Waals surface area contributed by atoms with Crippen LogP contribution in [0.1, 0.15) is 50.1 Å². The number of pyridine rings is 1. The summed E-state index contributed by atoms with van der Waals surface area (Å²) in [6.45, 7) is 5.49. The number of benzene rings is 1. The molecule has 0 aliphatic carbocycles. The van der Waals surface area contributed by atoms with Crippen LogP contribution in [-0.2, 0) is 26.9 Å². The van der Waals surface area contributed by atoms with Crippen molar-refractivity contribution >= 4 is 28.8 Å². The third-order valence-corrected chi connectivity index (χ3v) is 6.78. The molecule has 0 saturated heterocycles. The van der Waals surface area contributed by atoms with Gasteiger partial charge in [-0.2, -0.15) is 13.2 Å². The molecule has 1 aromatic heterocycles. The average molecular weight is 545 g/mol. The number of hydrogen-bond donors (Lipinski definition) is 1. The van der Waals surface area contributed by atoms with E-state index in [2.05, 4.69) is 15.3 Å².